The molecule has 1 amide bonds. The number of hydrogen-bond acceptors (Lipinski definition) is 6. The predicted molar refractivity (Wildman–Crippen MR) is 77.0 cm³/mol. The van der Waals surface area contributed by atoms with Crippen LogP contribution < -0.4 is 5.32 Å². The summed E-state index contributed by atoms with van der Waals surface area (Å²) in [4.78, 5) is 16.8. The summed E-state index contributed by atoms with van der Waals surface area (Å²) in [5.41, 5.74) is 0. The fraction of sp³-hybridized carbons (Fsp3) is 0.615. The Kier molecular flexibility index (Phi) is 2.99. The van der Waals surface area contributed by atoms with Gasteiger partial charge in [0.05, 0.1) is 0 Å². The van der Waals surface area contributed by atoms with E-state index < -0.39 is 0 Å². The maximum atomic E-state index is 12.4. The number of nitrogens with one attached hydrogen (secondary N) is 1. The lowest BCUT2D eigenvalue weighted by atomic mass is 9.72. The molecular formula is C13H16N6OS. The van der Waals surface area contributed by atoms with Crippen LogP contribution in [0.5, 0.6) is 0 Å². The lowest BCUT2D eigenvalue weighted by molar-refractivity contribution is -0.123. The molecule has 2 aliphatic rings. The Balaban J connectivity index is 1.43. The van der Waals surface area contributed by atoms with Crippen LogP contribution in [0.1, 0.15) is 48.4 Å². The molecular weight excluding hydrogens is 288 g/mol. The second-order valence-electron chi connectivity index (χ2n) is 5.81. The van der Waals surface area contributed by atoms with E-state index in [4.69, 9.17) is 0 Å². The average molecular weight is 304 g/mol. The first-order chi connectivity index (χ1) is 10.2. The Labute approximate surface area is 126 Å². The van der Waals surface area contributed by atoms with Gasteiger partial charge in [-0.25, -0.2) is 4.98 Å². The zero-order valence-corrected chi connectivity index (χ0v) is 12.5. The van der Waals surface area contributed by atoms with Crippen LogP contribution in [0.4, 0.5) is 5.95 Å². The van der Waals surface area contributed by atoms with E-state index in [1.165, 1.54) is 24.4 Å². The first-order valence-electron chi connectivity index (χ1n) is 7.20. The monoisotopic (exact) mass is 304 g/mol. The van der Waals surface area contributed by atoms with Crippen molar-refractivity contribution in [3.05, 3.63) is 17.2 Å². The lowest BCUT2D eigenvalue weighted by Crippen LogP contribution is -2.36. The number of carbonyl (C=O) groups excluding carboxylic acids is 1. The Morgan fingerprint density at radius 3 is 2.86 bits per heavy atom. The molecule has 2 aliphatic carbocycles. The van der Waals surface area contributed by atoms with Crippen molar-refractivity contribution in [2.45, 2.75) is 37.5 Å². The molecule has 21 heavy (non-hydrogen) atoms. The van der Waals surface area contributed by atoms with Gasteiger partial charge >= 0.3 is 0 Å². The maximum Gasteiger partial charge on any atom is 0.241 e. The molecule has 4 rings (SSSR count). The maximum absolute atomic E-state index is 12.4. The van der Waals surface area contributed by atoms with E-state index in [0.29, 0.717) is 11.9 Å². The zero-order chi connectivity index (χ0) is 14.4. The van der Waals surface area contributed by atoms with Crippen molar-refractivity contribution in [3.8, 4) is 0 Å². The van der Waals surface area contributed by atoms with Crippen LogP contribution in [0.25, 0.3) is 0 Å². The highest BCUT2D eigenvalue weighted by atomic mass is 32.1. The van der Waals surface area contributed by atoms with Crippen LogP contribution in [0, 0.1) is 5.92 Å². The van der Waals surface area contributed by atoms with E-state index in [1.807, 2.05) is 11.6 Å². The van der Waals surface area contributed by atoms with Crippen LogP contribution >= 0.6 is 11.5 Å². The summed E-state index contributed by atoms with van der Waals surface area (Å²) >= 11 is 1.40. The number of anilines is 1. The molecule has 2 atom stereocenters. The van der Waals surface area contributed by atoms with Gasteiger partial charge in [-0.1, -0.05) is 0 Å². The Bertz CT molecular complexity index is 676. The van der Waals surface area contributed by atoms with Crippen molar-refractivity contribution in [1.29, 1.82) is 0 Å². The highest BCUT2D eigenvalue weighted by molar-refractivity contribution is 7.05. The SMILES string of the molecule is Cn1cnnc1[C@@H]1CC[C@@H]1C(=O)Nc1nsc(C2CC2)n1. The van der Waals surface area contributed by atoms with Crippen LogP contribution in [0.2, 0.25) is 0 Å². The van der Waals surface area contributed by atoms with E-state index >= 15 is 0 Å². The fourth-order valence-electron chi connectivity index (χ4n) is 2.74. The smallest absolute Gasteiger partial charge is 0.241 e. The summed E-state index contributed by atoms with van der Waals surface area (Å²) in [5, 5.41) is 11.9. The Morgan fingerprint density at radius 2 is 2.24 bits per heavy atom. The van der Waals surface area contributed by atoms with Crippen molar-refractivity contribution in [1.82, 2.24) is 24.1 Å². The third kappa shape index (κ3) is 2.33. The highest BCUT2D eigenvalue weighted by Crippen LogP contribution is 2.43. The summed E-state index contributed by atoms with van der Waals surface area (Å²) in [6.45, 7) is 0. The molecule has 0 unspecified atom stereocenters. The number of rotatable bonds is 4. The predicted octanol–water partition coefficient (Wildman–Crippen LogP) is 1.68. The van der Waals surface area contributed by atoms with Gasteiger partial charge in [0, 0.05) is 24.8 Å². The molecule has 0 spiro atoms. The van der Waals surface area contributed by atoms with Crippen molar-refractivity contribution in [3.63, 3.8) is 0 Å². The average Bonchev–Trinajstić information content (AvgIpc) is 3.04. The van der Waals surface area contributed by atoms with Gasteiger partial charge in [0.25, 0.3) is 0 Å². The quantitative estimate of drug-likeness (QED) is 0.928. The first-order valence-corrected chi connectivity index (χ1v) is 7.98. The van der Waals surface area contributed by atoms with Gasteiger partial charge < -0.3 is 4.57 Å². The summed E-state index contributed by atoms with van der Waals surface area (Å²) < 4.78 is 6.11. The molecule has 2 saturated carbocycles. The van der Waals surface area contributed by atoms with E-state index in [-0.39, 0.29) is 17.7 Å². The molecule has 1 N–H and O–H groups in total. The van der Waals surface area contributed by atoms with Crippen LogP contribution in [-0.2, 0) is 11.8 Å². The molecule has 7 nitrogen and oxygen atoms in total. The normalized spacial score (nSPS) is 24.6. The van der Waals surface area contributed by atoms with Crippen molar-refractivity contribution in [2.24, 2.45) is 13.0 Å². The van der Waals surface area contributed by atoms with Crippen molar-refractivity contribution in [2.75, 3.05) is 5.32 Å². The second kappa shape index (κ2) is 4.87. The highest BCUT2D eigenvalue weighted by Gasteiger charge is 2.40. The van der Waals surface area contributed by atoms with Gasteiger partial charge in [-0.05, 0) is 37.2 Å². The van der Waals surface area contributed by atoms with Gasteiger partial charge in [-0.15, -0.1) is 10.2 Å². The van der Waals surface area contributed by atoms with Crippen molar-refractivity contribution < 1.29 is 4.79 Å². The van der Waals surface area contributed by atoms with Crippen LogP contribution in [0.15, 0.2) is 6.33 Å². The summed E-state index contributed by atoms with van der Waals surface area (Å²) in [6.07, 6.45) is 5.91. The second-order valence-corrected chi connectivity index (χ2v) is 6.59. The number of hydrogen-bond donors (Lipinski definition) is 1. The molecule has 2 aromatic heterocycles. The van der Waals surface area contributed by atoms with Gasteiger partial charge in [0.1, 0.15) is 17.2 Å². The van der Waals surface area contributed by atoms with Crippen molar-refractivity contribution >= 4 is 23.4 Å². The third-order valence-electron chi connectivity index (χ3n) is 4.29. The first kappa shape index (κ1) is 12.9. The van der Waals surface area contributed by atoms with E-state index in [1.54, 1.807) is 6.33 Å². The number of aryl methyl sites for hydroxylation is 1. The molecule has 8 heteroatoms. The van der Waals surface area contributed by atoms with Gasteiger partial charge in [0.2, 0.25) is 11.9 Å². The summed E-state index contributed by atoms with van der Waals surface area (Å²) in [7, 11) is 1.91. The molecule has 2 heterocycles. The minimum Gasteiger partial charge on any atom is -0.320 e. The molecule has 2 aromatic rings. The molecule has 110 valence electrons. The van der Waals surface area contributed by atoms with Gasteiger partial charge in [0.15, 0.2) is 0 Å². The molecule has 0 saturated heterocycles. The minimum absolute atomic E-state index is 0.00519. The van der Waals surface area contributed by atoms with E-state index in [9.17, 15) is 4.79 Å². The number of aromatic nitrogens is 5. The number of nitrogens with zero attached hydrogens (tertiary/aromatic N) is 5. The van der Waals surface area contributed by atoms with Crippen LogP contribution in [-0.4, -0.2) is 30.0 Å². The molecule has 2 fully saturated rings. The zero-order valence-electron chi connectivity index (χ0n) is 11.7. The standard InChI is InChI=1S/C13H16N6OS/c1-19-6-14-17-10(19)8-4-5-9(8)11(20)15-13-16-12(21-18-13)7-2-3-7/h6-9H,2-5H2,1H3,(H,15,18,20)/t8-,9+/m1/s1. The van der Waals surface area contributed by atoms with Gasteiger partial charge in [-0.3, -0.25) is 10.1 Å². The largest absolute Gasteiger partial charge is 0.320 e. The molecule has 0 aliphatic heterocycles. The third-order valence-corrected chi connectivity index (χ3v) is 5.17. The molecule has 0 bridgehead atoms. The van der Waals surface area contributed by atoms with E-state index in [0.717, 1.165) is 23.7 Å². The van der Waals surface area contributed by atoms with E-state index in [2.05, 4.69) is 24.9 Å². The molecule has 0 aromatic carbocycles. The Morgan fingerprint density at radius 1 is 1.38 bits per heavy atom. The summed E-state index contributed by atoms with van der Waals surface area (Å²) in [6, 6.07) is 0. The van der Waals surface area contributed by atoms with Gasteiger partial charge in [-0.2, -0.15) is 4.37 Å². The topological polar surface area (TPSA) is 85.6 Å². The summed E-state index contributed by atoms with van der Waals surface area (Å²) in [5.74, 6) is 2.00. The fourth-order valence-corrected chi connectivity index (χ4v) is 3.51. The Hall–Kier alpha value is -1.83. The number of amides is 1. The number of carbonyl (C=O) groups is 1. The minimum atomic E-state index is -0.0548. The van der Waals surface area contributed by atoms with Crippen LogP contribution in [0.3, 0.4) is 0 Å². The lowest BCUT2D eigenvalue weighted by Gasteiger charge is -2.33. The molecule has 0 radical (unpaired) electrons.